The molecule has 0 fully saturated rings. The first-order chi connectivity index (χ1) is 18.1. The van der Waals surface area contributed by atoms with Gasteiger partial charge in [0.15, 0.2) is 9.84 Å². The van der Waals surface area contributed by atoms with Crippen LogP contribution in [0, 0.1) is 11.3 Å². The lowest BCUT2D eigenvalue weighted by molar-refractivity contribution is -0.121. The van der Waals surface area contributed by atoms with Crippen molar-refractivity contribution < 1.29 is 36.3 Å². The Labute approximate surface area is 217 Å². The number of benzene rings is 3. The van der Waals surface area contributed by atoms with E-state index in [-0.39, 0.29) is 28.2 Å². The van der Waals surface area contributed by atoms with Crippen LogP contribution >= 0.6 is 0 Å². The van der Waals surface area contributed by atoms with Crippen LogP contribution in [-0.2, 0) is 20.4 Å². The number of alkyl halides is 2. The summed E-state index contributed by atoms with van der Waals surface area (Å²) in [5.41, 5.74) is 5.25. The van der Waals surface area contributed by atoms with E-state index in [2.05, 4.69) is 10.1 Å². The van der Waals surface area contributed by atoms with Crippen molar-refractivity contribution in [3.8, 4) is 23.3 Å². The SMILES string of the molecule is N#CCNC(=O)[C@H](CS(=O)(=O)Cc1ccccc1OC(F)F)c1c(Oc2ccccc2)cccc1C(N)=O. The molecule has 3 aromatic carbocycles. The number of rotatable bonds is 12. The fourth-order valence-electron chi connectivity index (χ4n) is 3.75. The van der Waals surface area contributed by atoms with Crippen molar-refractivity contribution in [2.75, 3.05) is 12.3 Å². The van der Waals surface area contributed by atoms with E-state index in [1.807, 2.05) is 0 Å². The van der Waals surface area contributed by atoms with Gasteiger partial charge in [-0.15, -0.1) is 0 Å². The third-order valence-corrected chi connectivity index (χ3v) is 6.89. The summed E-state index contributed by atoms with van der Waals surface area (Å²) in [6.07, 6.45) is 0. The van der Waals surface area contributed by atoms with Gasteiger partial charge in [-0.3, -0.25) is 9.59 Å². The van der Waals surface area contributed by atoms with Gasteiger partial charge in [0.2, 0.25) is 11.8 Å². The van der Waals surface area contributed by atoms with E-state index >= 15 is 0 Å². The summed E-state index contributed by atoms with van der Waals surface area (Å²) in [7, 11) is -4.22. The number of sulfone groups is 1. The number of carbonyl (C=O) groups is 2. The molecule has 0 aromatic heterocycles. The molecule has 3 rings (SSSR count). The van der Waals surface area contributed by atoms with Crippen molar-refractivity contribution in [3.05, 3.63) is 89.5 Å². The van der Waals surface area contributed by atoms with E-state index in [4.69, 9.17) is 15.7 Å². The van der Waals surface area contributed by atoms with Crippen LogP contribution in [-0.4, -0.2) is 39.1 Å². The monoisotopic (exact) mass is 543 g/mol. The second-order valence-electron chi connectivity index (χ2n) is 7.97. The zero-order valence-corrected chi connectivity index (χ0v) is 20.7. The zero-order chi connectivity index (χ0) is 27.7. The number of hydrogen-bond donors (Lipinski definition) is 2. The average molecular weight is 544 g/mol. The number of primary amides is 1. The van der Waals surface area contributed by atoms with Gasteiger partial charge in [0.05, 0.1) is 23.5 Å². The maximum atomic E-state index is 13.3. The maximum Gasteiger partial charge on any atom is 0.387 e. The molecule has 198 valence electrons. The molecule has 0 saturated carbocycles. The molecule has 0 aliphatic rings. The maximum absolute atomic E-state index is 13.3. The normalized spacial score (nSPS) is 11.8. The minimum Gasteiger partial charge on any atom is -0.457 e. The van der Waals surface area contributed by atoms with Gasteiger partial charge in [-0.1, -0.05) is 42.5 Å². The van der Waals surface area contributed by atoms with Crippen LogP contribution in [0.15, 0.2) is 72.8 Å². The van der Waals surface area contributed by atoms with Crippen LogP contribution in [0.4, 0.5) is 8.78 Å². The summed E-state index contributed by atoms with van der Waals surface area (Å²) in [6.45, 7) is -3.61. The van der Waals surface area contributed by atoms with E-state index < -0.39 is 52.2 Å². The summed E-state index contributed by atoms with van der Waals surface area (Å²) in [6, 6.07) is 19.7. The molecule has 0 radical (unpaired) electrons. The van der Waals surface area contributed by atoms with Crippen molar-refractivity contribution in [2.45, 2.75) is 18.3 Å². The molecule has 2 amide bonds. The third kappa shape index (κ3) is 7.50. The number of hydrogen-bond acceptors (Lipinski definition) is 7. The van der Waals surface area contributed by atoms with Crippen molar-refractivity contribution in [1.82, 2.24) is 5.32 Å². The van der Waals surface area contributed by atoms with Crippen LogP contribution in [0.3, 0.4) is 0 Å². The molecule has 38 heavy (non-hydrogen) atoms. The number of carbonyl (C=O) groups excluding carboxylic acids is 2. The zero-order valence-electron chi connectivity index (χ0n) is 19.8. The molecule has 1 atom stereocenters. The minimum absolute atomic E-state index is 0.00115. The highest BCUT2D eigenvalue weighted by Gasteiger charge is 2.33. The summed E-state index contributed by atoms with van der Waals surface area (Å²) in [5, 5.41) is 11.2. The standard InChI is InChI=1S/C26H23F2N3O6S/c27-26(28)37-21-11-5-4-7-17(21)15-38(34,35)16-20(25(33)31-14-13-29)23-19(24(30)32)10-6-12-22(23)36-18-8-2-1-3-9-18/h1-12,20,26H,14-16H2,(H2,30,32)(H,31,33)/t20-/m1/s1. The van der Waals surface area contributed by atoms with Crippen LogP contribution < -0.4 is 20.5 Å². The largest absolute Gasteiger partial charge is 0.457 e. The Morgan fingerprint density at radius 1 is 0.974 bits per heavy atom. The van der Waals surface area contributed by atoms with Gasteiger partial charge in [0.1, 0.15) is 23.8 Å². The van der Waals surface area contributed by atoms with Crippen LogP contribution in [0.1, 0.15) is 27.4 Å². The molecule has 0 unspecified atom stereocenters. The Bertz CT molecular complexity index is 1440. The van der Waals surface area contributed by atoms with E-state index in [1.165, 1.54) is 42.5 Å². The van der Waals surface area contributed by atoms with Crippen molar-refractivity contribution in [2.24, 2.45) is 5.73 Å². The van der Waals surface area contributed by atoms with Gasteiger partial charge in [-0.2, -0.15) is 14.0 Å². The van der Waals surface area contributed by atoms with Crippen molar-refractivity contribution in [1.29, 1.82) is 5.26 Å². The third-order valence-electron chi connectivity index (χ3n) is 5.29. The molecule has 0 aliphatic heterocycles. The number of nitrogens with zero attached hydrogens (tertiary/aromatic N) is 1. The Balaban J connectivity index is 2.07. The van der Waals surface area contributed by atoms with E-state index in [0.717, 1.165) is 0 Å². The van der Waals surface area contributed by atoms with Gasteiger partial charge in [0.25, 0.3) is 0 Å². The van der Waals surface area contributed by atoms with Gasteiger partial charge in [-0.05, 0) is 30.3 Å². The van der Waals surface area contributed by atoms with Gasteiger partial charge >= 0.3 is 6.61 Å². The first kappa shape index (κ1) is 28.1. The molecule has 9 nitrogen and oxygen atoms in total. The molecule has 0 heterocycles. The predicted molar refractivity (Wildman–Crippen MR) is 133 cm³/mol. The molecule has 12 heteroatoms. The van der Waals surface area contributed by atoms with Crippen LogP contribution in [0.5, 0.6) is 17.2 Å². The lowest BCUT2D eigenvalue weighted by Gasteiger charge is -2.22. The number of nitrogens with two attached hydrogens (primary N) is 1. The van der Waals surface area contributed by atoms with E-state index in [9.17, 15) is 26.8 Å². The highest BCUT2D eigenvalue weighted by Crippen LogP contribution is 2.35. The first-order valence-corrected chi connectivity index (χ1v) is 13.0. The molecule has 3 N–H and O–H groups in total. The Kier molecular flexibility index (Phi) is 9.34. The fourth-order valence-corrected chi connectivity index (χ4v) is 5.40. The van der Waals surface area contributed by atoms with Crippen molar-refractivity contribution in [3.63, 3.8) is 0 Å². The summed E-state index contributed by atoms with van der Waals surface area (Å²) >= 11 is 0. The minimum atomic E-state index is -4.22. The van der Waals surface area contributed by atoms with Gasteiger partial charge < -0.3 is 20.5 Å². The van der Waals surface area contributed by atoms with Crippen LogP contribution in [0.2, 0.25) is 0 Å². The second kappa shape index (κ2) is 12.6. The molecular weight excluding hydrogens is 520 g/mol. The number of amides is 2. The molecular formula is C26H23F2N3O6S. The van der Waals surface area contributed by atoms with Gasteiger partial charge in [-0.25, -0.2) is 8.42 Å². The average Bonchev–Trinajstić information content (AvgIpc) is 2.87. The van der Waals surface area contributed by atoms with E-state index in [1.54, 1.807) is 36.4 Å². The van der Waals surface area contributed by atoms with Crippen molar-refractivity contribution >= 4 is 21.7 Å². The highest BCUT2D eigenvalue weighted by atomic mass is 32.2. The molecule has 0 bridgehead atoms. The number of nitriles is 1. The topological polar surface area (TPSA) is 149 Å². The smallest absolute Gasteiger partial charge is 0.387 e. The van der Waals surface area contributed by atoms with Crippen LogP contribution in [0.25, 0.3) is 0 Å². The Hall–Kier alpha value is -4.50. The molecule has 0 aliphatic carbocycles. The summed E-state index contributed by atoms with van der Waals surface area (Å²) in [5.74, 6) is -4.95. The lowest BCUT2D eigenvalue weighted by atomic mass is 9.93. The number of nitrogens with one attached hydrogen (secondary N) is 1. The molecule has 0 saturated heterocycles. The predicted octanol–water partition coefficient (Wildman–Crippen LogP) is 3.52. The summed E-state index contributed by atoms with van der Waals surface area (Å²) < 4.78 is 62.6. The molecule has 0 spiro atoms. The highest BCUT2D eigenvalue weighted by molar-refractivity contribution is 7.90. The number of halogens is 2. The van der Waals surface area contributed by atoms with Gasteiger partial charge in [0, 0.05) is 16.7 Å². The number of ether oxygens (including phenoxy) is 2. The molecule has 3 aromatic rings. The second-order valence-corrected chi connectivity index (χ2v) is 10.1. The fraction of sp³-hybridized carbons (Fsp3) is 0.192. The Morgan fingerprint density at radius 2 is 1.63 bits per heavy atom. The number of para-hydroxylation sites is 2. The summed E-state index contributed by atoms with van der Waals surface area (Å²) in [4.78, 5) is 25.5. The Morgan fingerprint density at radius 3 is 2.29 bits per heavy atom. The van der Waals surface area contributed by atoms with E-state index in [0.29, 0.717) is 5.75 Å². The quantitative estimate of drug-likeness (QED) is 0.332. The lowest BCUT2D eigenvalue weighted by Crippen LogP contribution is -2.35. The first-order valence-electron chi connectivity index (χ1n) is 11.1.